The highest BCUT2D eigenvalue weighted by Crippen LogP contribution is 2.23. The Morgan fingerprint density at radius 2 is 1.74 bits per heavy atom. The average molecular weight is 385 g/mol. The molecule has 0 amide bonds. The van der Waals surface area contributed by atoms with E-state index in [0.717, 1.165) is 28.3 Å². The lowest BCUT2D eigenvalue weighted by Gasteiger charge is -2.08. The van der Waals surface area contributed by atoms with Crippen molar-refractivity contribution in [1.29, 1.82) is 0 Å². The van der Waals surface area contributed by atoms with E-state index in [1.165, 1.54) is 24.0 Å². The molecule has 0 atom stereocenters. The van der Waals surface area contributed by atoms with Crippen LogP contribution in [0.3, 0.4) is 0 Å². The van der Waals surface area contributed by atoms with E-state index >= 15 is 0 Å². The third-order valence-corrected chi connectivity index (χ3v) is 4.70. The Morgan fingerprint density at radius 1 is 1.04 bits per heavy atom. The molecule has 0 aliphatic rings. The van der Waals surface area contributed by atoms with Gasteiger partial charge in [0.05, 0.1) is 10.6 Å². The number of benzene rings is 1. The largest absolute Gasteiger partial charge is 0.308 e. The lowest BCUT2D eigenvalue weighted by atomic mass is 9.99. The molecule has 138 valence electrons. The summed E-state index contributed by atoms with van der Waals surface area (Å²) in [7, 11) is 0. The Kier molecular flexibility index (Phi) is 5.71. The number of aromatic amines is 2. The van der Waals surface area contributed by atoms with Crippen LogP contribution in [0.25, 0.3) is 11.1 Å². The van der Waals surface area contributed by atoms with Crippen LogP contribution in [0.1, 0.15) is 21.5 Å². The zero-order valence-electron chi connectivity index (χ0n) is 14.7. The highest BCUT2D eigenvalue weighted by atomic mass is 32.2. The Balaban J connectivity index is 2.10. The predicted octanol–water partition coefficient (Wildman–Crippen LogP) is 5.07. The monoisotopic (exact) mass is 385 g/mol. The first-order chi connectivity index (χ1) is 13.0. The standard InChI is InChI=1S/C20H17F2N3OS/c1-12-8-14(13-6-7-18(27-2)23-9-13)10-24-25-11-15(12)20(26)19-16(21)4-3-5-17(19)22/h3-11,24-25H,1-2H3. The summed E-state index contributed by atoms with van der Waals surface area (Å²) in [5.74, 6) is -2.52. The second-order valence-electron chi connectivity index (χ2n) is 5.79. The van der Waals surface area contributed by atoms with Crippen molar-refractivity contribution in [3.05, 3.63) is 83.3 Å². The summed E-state index contributed by atoms with van der Waals surface area (Å²) in [5, 5.41) is 6.50. The molecule has 3 rings (SSSR count). The minimum atomic E-state index is -0.892. The Labute approximate surface area is 159 Å². The number of nitrogens with zero attached hydrogens (tertiary/aromatic N) is 1. The number of carbonyl (C=O) groups is 1. The van der Waals surface area contributed by atoms with Crippen molar-refractivity contribution in [2.24, 2.45) is 0 Å². The normalized spacial score (nSPS) is 10.5. The maximum Gasteiger partial charge on any atom is 0.200 e. The van der Waals surface area contributed by atoms with Crippen LogP contribution in [0.2, 0.25) is 0 Å². The van der Waals surface area contributed by atoms with Gasteiger partial charge < -0.3 is 10.2 Å². The quantitative estimate of drug-likeness (QED) is 0.487. The van der Waals surface area contributed by atoms with Crippen molar-refractivity contribution in [2.75, 3.05) is 6.26 Å². The molecule has 1 aromatic carbocycles. The lowest BCUT2D eigenvalue weighted by molar-refractivity contribution is 0.103. The predicted molar refractivity (Wildman–Crippen MR) is 102 cm³/mol. The fraction of sp³-hybridized carbons (Fsp3) is 0.100. The van der Waals surface area contributed by atoms with Crippen molar-refractivity contribution >= 4 is 17.5 Å². The first-order valence-corrected chi connectivity index (χ1v) is 9.33. The van der Waals surface area contributed by atoms with Crippen molar-refractivity contribution in [2.45, 2.75) is 11.9 Å². The molecule has 4 nitrogen and oxygen atoms in total. The number of halogens is 2. The molecular formula is C20H17F2N3OS. The van der Waals surface area contributed by atoms with Crippen LogP contribution in [0.4, 0.5) is 8.78 Å². The Bertz CT molecular complexity index is 1000. The molecular weight excluding hydrogens is 368 g/mol. The van der Waals surface area contributed by atoms with Gasteiger partial charge in [-0.05, 0) is 43.0 Å². The summed E-state index contributed by atoms with van der Waals surface area (Å²) in [6.07, 6.45) is 6.78. The number of thioether (sulfide) groups is 1. The molecule has 0 saturated carbocycles. The number of rotatable bonds is 4. The summed E-state index contributed by atoms with van der Waals surface area (Å²) in [4.78, 5) is 17.1. The molecule has 27 heavy (non-hydrogen) atoms. The zero-order chi connectivity index (χ0) is 19.4. The number of carbonyl (C=O) groups excluding carboxylic acids is 1. The molecule has 0 saturated heterocycles. The molecule has 2 N–H and O–H groups in total. The van der Waals surface area contributed by atoms with Gasteiger partial charge in [-0.2, -0.15) is 0 Å². The van der Waals surface area contributed by atoms with Gasteiger partial charge in [0.25, 0.3) is 0 Å². The number of aromatic nitrogens is 3. The molecule has 0 spiro atoms. The van der Waals surface area contributed by atoms with Crippen molar-refractivity contribution in [3.63, 3.8) is 0 Å². The topological polar surface area (TPSA) is 61.5 Å². The Morgan fingerprint density at radius 3 is 2.37 bits per heavy atom. The SMILES string of the molecule is CSc1ccc(-c2c[nH][nH]cc(C(=O)c3c(F)cccc3F)c(C)c2)cn1. The highest BCUT2D eigenvalue weighted by Gasteiger charge is 2.20. The summed E-state index contributed by atoms with van der Waals surface area (Å²) in [6, 6.07) is 8.94. The molecule has 0 aliphatic heterocycles. The van der Waals surface area contributed by atoms with Crippen LogP contribution in [0.15, 0.2) is 60.0 Å². The molecule has 2 aromatic heterocycles. The first kappa shape index (κ1) is 18.8. The van der Waals surface area contributed by atoms with Crippen molar-refractivity contribution < 1.29 is 13.6 Å². The number of H-pyrrole nitrogens is 2. The third kappa shape index (κ3) is 4.09. The van der Waals surface area contributed by atoms with Gasteiger partial charge in [0.2, 0.25) is 5.78 Å². The van der Waals surface area contributed by atoms with Gasteiger partial charge in [-0.15, -0.1) is 11.8 Å². The van der Waals surface area contributed by atoms with Crippen LogP contribution >= 0.6 is 11.8 Å². The molecule has 7 heteroatoms. The fourth-order valence-corrected chi connectivity index (χ4v) is 2.99. The average Bonchev–Trinajstić information content (AvgIpc) is 2.64. The first-order valence-electron chi connectivity index (χ1n) is 8.10. The fourth-order valence-electron chi connectivity index (χ4n) is 2.63. The minimum Gasteiger partial charge on any atom is -0.308 e. The summed E-state index contributed by atoms with van der Waals surface area (Å²) in [5.41, 5.74) is 1.76. The smallest absolute Gasteiger partial charge is 0.200 e. The van der Waals surface area contributed by atoms with Gasteiger partial charge in [0, 0.05) is 35.3 Å². The minimum absolute atomic E-state index is 0.158. The van der Waals surface area contributed by atoms with Crippen LogP contribution in [0, 0.1) is 18.6 Å². The number of nitrogens with one attached hydrogen (secondary N) is 2. The number of hydrogen-bond acceptors (Lipinski definition) is 3. The third-order valence-electron chi connectivity index (χ3n) is 4.04. The van der Waals surface area contributed by atoms with Crippen molar-refractivity contribution in [1.82, 2.24) is 15.2 Å². The van der Waals surface area contributed by atoms with Gasteiger partial charge in [-0.25, -0.2) is 13.8 Å². The lowest BCUT2D eigenvalue weighted by Crippen LogP contribution is -2.09. The van der Waals surface area contributed by atoms with E-state index in [0.29, 0.717) is 5.56 Å². The number of ketones is 1. The molecule has 2 heterocycles. The second-order valence-corrected chi connectivity index (χ2v) is 6.62. The van der Waals surface area contributed by atoms with Crippen LogP contribution in [0.5, 0.6) is 0 Å². The van der Waals surface area contributed by atoms with Gasteiger partial charge in [0.15, 0.2) is 0 Å². The van der Waals surface area contributed by atoms with Crippen molar-refractivity contribution in [3.8, 4) is 11.1 Å². The maximum atomic E-state index is 14.0. The van der Waals surface area contributed by atoms with Gasteiger partial charge in [0.1, 0.15) is 11.6 Å². The van der Waals surface area contributed by atoms with Crippen LogP contribution < -0.4 is 0 Å². The number of pyridine rings is 1. The van der Waals surface area contributed by atoms with Gasteiger partial charge >= 0.3 is 0 Å². The van der Waals surface area contributed by atoms with Crippen LogP contribution in [-0.2, 0) is 0 Å². The second kappa shape index (κ2) is 8.18. The summed E-state index contributed by atoms with van der Waals surface area (Å²) >= 11 is 1.54. The van der Waals surface area contributed by atoms with Gasteiger partial charge in [-0.3, -0.25) is 4.79 Å². The molecule has 0 radical (unpaired) electrons. The van der Waals surface area contributed by atoms with E-state index < -0.39 is 23.0 Å². The number of hydrogen-bond donors (Lipinski definition) is 2. The van der Waals surface area contributed by atoms with E-state index in [-0.39, 0.29) is 5.56 Å². The number of aryl methyl sites for hydroxylation is 1. The van der Waals surface area contributed by atoms with E-state index in [2.05, 4.69) is 15.2 Å². The molecule has 0 aliphatic carbocycles. The van der Waals surface area contributed by atoms with E-state index in [1.807, 2.05) is 18.4 Å². The van der Waals surface area contributed by atoms with Crippen LogP contribution in [-0.4, -0.2) is 27.2 Å². The summed E-state index contributed by atoms with van der Waals surface area (Å²) in [6.45, 7) is 1.72. The molecule has 0 unspecified atom stereocenters. The molecule has 3 aromatic rings. The van der Waals surface area contributed by atoms with E-state index in [4.69, 9.17) is 0 Å². The summed E-state index contributed by atoms with van der Waals surface area (Å²) < 4.78 is 28.0. The maximum absolute atomic E-state index is 14.0. The molecule has 0 bridgehead atoms. The van der Waals surface area contributed by atoms with Gasteiger partial charge in [-0.1, -0.05) is 12.1 Å². The Hall–Kier alpha value is -2.93. The highest BCUT2D eigenvalue weighted by molar-refractivity contribution is 7.98. The van der Waals surface area contributed by atoms with E-state index in [9.17, 15) is 13.6 Å². The van der Waals surface area contributed by atoms with E-state index in [1.54, 1.807) is 25.4 Å². The zero-order valence-corrected chi connectivity index (χ0v) is 15.5. The molecule has 0 fully saturated rings.